The van der Waals surface area contributed by atoms with E-state index in [4.69, 9.17) is 9.52 Å². The molecule has 0 aliphatic heterocycles. The van der Waals surface area contributed by atoms with Crippen molar-refractivity contribution in [2.24, 2.45) is 0 Å². The van der Waals surface area contributed by atoms with E-state index in [1.165, 1.54) is 25.1 Å². The van der Waals surface area contributed by atoms with E-state index < -0.39 is 15.8 Å². The summed E-state index contributed by atoms with van der Waals surface area (Å²) in [5.41, 5.74) is 0.243. The number of aliphatic hydroxyl groups excluding tert-OH is 1. The van der Waals surface area contributed by atoms with E-state index in [-0.39, 0.29) is 28.7 Å². The number of aryl methyl sites for hydroxylation is 1. The van der Waals surface area contributed by atoms with Gasteiger partial charge in [-0.2, -0.15) is 0 Å². The molecule has 1 heterocycles. The fourth-order valence-corrected chi connectivity index (χ4v) is 2.86. The van der Waals surface area contributed by atoms with Gasteiger partial charge in [-0.05, 0) is 31.2 Å². The Morgan fingerprint density at radius 2 is 1.95 bits per heavy atom. The molecular weight excluding hydrogens is 273 g/mol. The number of hydrogen-bond acceptors (Lipinski definition) is 4. The first-order valence-electron chi connectivity index (χ1n) is 5.41. The van der Waals surface area contributed by atoms with Crippen molar-refractivity contribution in [3.63, 3.8) is 0 Å². The van der Waals surface area contributed by atoms with Crippen molar-refractivity contribution in [2.45, 2.75) is 18.4 Å². The lowest BCUT2D eigenvalue weighted by Crippen LogP contribution is -2.13. The van der Waals surface area contributed by atoms with Crippen LogP contribution in [0.4, 0.5) is 10.1 Å². The van der Waals surface area contributed by atoms with Gasteiger partial charge in [0.1, 0.15) is 28.8 Å². The molecule has 2 rings (SSSR count). The van der Waals surface area contributed by atoms with Gasteiger partial charge in [0.05, 0.1) is 0 Å². The number of aliphatic hydroxyl groups is 1. The quantitative estimate of drug-likeness (QED) is 0.900. The largest absolute Gasteiger partial charge is 0.462 e. The van der Waals surface area contributed by atoms with Gasteiger partial charge in [0.25, 0.3) is 10.0 Å². The van der Waals surface area contributed by atoms with Gasteiger partial charge >= 0.3 is 0 Å². The topological polar surface area (TPSA) is 79.5 Å². The molecule has 19 heavy (non-hydrogen) atoms. The van der Waals surface area contributed by atoms with E-state index in [1.54, 1.807) is 0 Å². The number of anilines is 1. The monoisotopic (exact) mass is 285 g/mol. The van der Waals surface area contributed by atoms with Gasteiger partial charge < -0.3 is 9.52 Å². The summed E-state index contributed by atoms with van der Waals surface area (Å²) in [5, 5.41) is 8.91. The molecule has 2 N–H and O–H groups in total. The summed E-state index contributed by atoms with van der Waals surface area (Å²) in [6, 6.07) is 6.18. The Labute approximate surface area is 109 Å². The van der Waals surface area contributed by atoms with Crippen LogP contribution >= 0.6 is 0 Å². The van der Waals surface area contributed by atoms with Crippen LogP contribution in [-0.2, 0) is 16.6 Å². The summed E-state index contributed by atoms with van der Waals surface area (Å²) in [6.45, 7) is 1.10. The number of halogens is 1. The lowest BCUT2D eigenvalue weighted by Gasteiger charge is -2.06. The maximum Gasteiger partial charge on any atom is 0.265 e. The van der Waals surface area contributed by atoms with Crippen LogP contribution in [0.25, 0.3) is 0 Å². The van der Waals surface area contributed by atoms with E-state index in [9.17, 15) is 12.8 Å². The zero-order chi connectivity index (χ0) is 14.0. The number of hydrogen-bond donors (Lipinski definition) is 2. The number of benzene rings is 1. The number of nitrogens with one attached hydrogen (secondary N) is 1. The minimum absolute atomic E-state index is 0.0547. The van der Waals surface area contributed by atoms with Crippen molar-refractivity contribution >= 4 is 15.7 Å². The van der Waals surface area contributed by atoms with Crippen LogP contribution in [0.15, 0.2) is 39.6 Å². The molecule has 0 saturated carbocycles. The summed E-state index contributed by atoms with van der Waals surface area (Å²) in [7, 11) is -3.82. The Morgan fingerprint density at radius 3 is 2.47 bits per heavy atom. The minimum atomic E-state index is -3.82. The smallest absolute Gasteiger partial charge is 0.265 e. The standard InChI is InChI=1S/C12H12FNO4S/c1-8-12(6-11(7-15)18-8)19(16,17)14-10-4-2-9(13)3-5-10/h2-6,14-15H,7H2,1H3. The summed E-state index contributed by atoms with van der Waals surface area (Å²) in [6.07, 6.45) is 0. The van der Waals surface area contributed by atoms with Crippen LogP contribution in [-0.4, -0.2) is 13.5 Å². The molecule has 1 aromatic carbocycles. The highest BCUT2D eigenvalue weighted by molar-refractivity contribution is 7.92. The van der Waals surface area contributed by atoms with E-state index in [2.05, 4.69) is 4.72 Å². The number of sulfonamides is 1. The van der Waals surface area contributed by atoms with Crippen molar-refractivity contribution in [2.75, 3.05) is 4.72 Å². The predicted octanol–water partition coefficient (Wildman–Crippen LogP) is 2.02. The fourth-order valence-electron chi connectivity index (χ4n) is 1.60. The van der Waals surface area contributed by atoms with Gasteiger partial charge in [0, 0.05) is 11.8 Å². The molecule has 0 fully saturated rings. The molecule has 0 aliphatic rings. The van der Waals surface area contributed by atoms with E-state index in [0.717, 1.165) is 12.1 Å². The second-order valence-corrected chi connectivity index (χ2v) is 5.55. The van der Waals surface area contributed by atoms with Crippen molar-refractivity contribution in [1.82, 2.24) is 0 Å². The van der Waals surface area contributed by atoms with E-state index >= 15 is 0 Å². The molecule has 7 heteroatoms. The lowest BCUT2D eigenvalue weighted by atomic mass is 10.3. The van der Waals surface area contributed by atoms with Gasteiger partial charge in [0.15, 0.2) is 0 Å². The van der Waals surface area contributed by atoms with Crippen LogP contribution < -0.4 is 4.72 Å². The van der Waals surface area contributed by atoms with Crippen molar-refractivity contribution in [3.05, 3.63) is 47.7 Å². The molecule has 2 aromatic rings. The minimum Gasteiger partial charge on any atom is -0.462 e. The van der Waals surface area contributed by atoms with Crippen LogP contribution in [0.1, 0.15) is 11.5 Å². The first kappa shape index (κ1) is 13.6. The van der Waals surface area contributed by atoms with Gasteiger partial charge in [0.2, 0.25) is 0 Å². The molecule has 0 unspecified atom stereocenters. The SMILES string of the molecule is Cc1oc(CO)cc1S(=O)(=O)Nc1ccc(F)cc1. The second-order valence-electron chi connectivity index (χ2n) is 3.90. The van der Waals surface area contributed by atoms with Gasteiger partial charge in [-0.25, -0.2) is 12.8 Å². The highest BCUT2D eigenvalue weighted by atomic mass is 32.2. The van der Waals surface area contributed by atoms with Crippen molar-refractivity contribution in [3.8, 4) is 0 Å². The predicted molar refractivity (Wildman–Crippen MR) is 66.6 cm³/mol. The molecule has 1 aromatic heterocycles. The average Bonchev–Trinajstić information content (AvgIpc) is 2.74. The second kappa shape index (κ2) is 5.02. The molecule has 0 atom stereocenters. The third-order valence-electron chi connectivity index (χ3n) is 2.47. The highest BCUT2D eigenvalue weighted by Gasteiger charge is 2.21. The lowest BCUT2D eigenvalue weighted by molar-refractivity contribution is 0.245. The summed E-state index contributed by atoms with van der Waals surface area (Å²) < 4.78 is 44.3. The molecule has 102 valence electrons. The Kier molecular flexibility index (Phi) is 3.59. The first-order chi connectivity index (χ1) is 8.92. The molecule has 0 saturated heterocycles. The zero-order valence-electron chi connectivity index (χ0n) is 10.1. The number of furan rings is 1. The molecule has 0 radical (unpaired) electrons. The highest BCUT2D eigenvalue weighted by Crippen LogP contribution is 2.23. The Hall–Kier alpha value is -1.86. The molecule has 0 aliphatic carbocycles. The summed E-state index contributed by atoms with van der Waals surface area (Å²) in [5.74, 6) is -0.111. The zero-order valence-corrected chi connectivity index (χ0v) is 10.9. The van der Waals surface area contributed by atoms with Gasteiger partial charge in [-0.3, -0.25) is 4.72 Å². The maximum absolute atomic E-state index is 12.7. The van der Waals surface area contributed by atoms with E-state index in [0.29, 0.717) is 0 Å². The molecule has 5 nitrogen and oxygen atoms in total. The fraction of sp³-hybridized carbons (Fsp3) is 0.167. The Morgan fingerprint density at radius 1 is 1.32 bits per heavy atom. The van der Waals surface area contributed by atoms with Crippen molar-refractivity contribution in [1.29, 1.82) is 0 Å². The Bertz CT molecular complexity index is 676. The maximum atomic E-state index is 12.7. The Balaban J connectivity index is 2.31. The van der Waals surface area contributed by atoms with Crippen LogP contribution in [0.2, 0.25) is 0 Å². The molecular formula is C12H12FNO4S. The van der Waals surface area contributed by atoms with Gasteiger partial charge in [-0.15, -0.1) is 0 Å². The average molecular weight is 285 g/mol. The summed E-state index contributed by atoms with van der Waals surface area (Å²) in [4.78, 5) is -0.0547. The molecule has 0 spiro atoms. The third kappa shape index (κ3) is 2.94. The number of rotatable bonds is 4. The van der Waals surface area contributed by atoms with Crippen molar-refractivity contribution < 1.29 is 22.3 Å². The van der Waals surface area contributed by atoms with Gasteiger partial charge in [-0.1, -0.05) is 0 Å². The summed E-state index contributed by atoms with van der Waals surface area (Å²) >= 11 is 0. The molecule has 0 bridgehead atoms. The van der Waals surface area contributed by atoms with Crippen LogP contribution in [0.3, 0.4) is 0 Å². The first-order valence-corrected chi connectivity index (χ1v) is 6.89. The third-order valence-corrected chi connectivity index (χ3v) is 3.95. The molecule has 0 amide bonds. The van der Waals surface area contributed by atoms with Crippen LogP contribution in [0, 0.1) is 12.7 Å². The normalized spacial score (nSPS) is 11.5. The van der Waals surface area contributed by atoms with E-state index in [1.807, 2.05) is 0 Å². The van der Waals surface area contributed by atoms with Crippen LogP contribution in [0.5, 0.6) is 0 Å².